The Morgan fingerprint density at radius 2 is 2.43 bits per heavy atom. The molecule has 0 saturated heterocycles. The molecule has 1 aromatic heterocycles. The Morgan fingerprint density at radius 1 is 1.71 bits per heavy atom. The van der Waals surface area contributed by atoms with E-state index in [1.165, 1.54) is 12.8 Å². The molecule has 0 bridgehead atoms. The zero-order valence-corrected chi connectivity index (χ0v) is 8.03. The van der Waals surface area contributed by atoms with Crippen LogP contribution < -0.4 is 5.73 Å². The summed E-state index contributed by atoms with van der Waals surface area (Å²) in [7, 11) is 1.76. The normalized spacial score (nSPS) is 15.5. The summed E-state index contributed by atoms with van der Waals surface area (Å²) in [6.07, 6.45) is 2.44. The summed E-state index contributed by atoms with van der Waals surface area (Å²) in [5.74, 6) is 0.837. The van der Waals surface area contributed by atoms with Crippen LogP contribution in [0.4, 0.5) is 5.95 Å². The van der Waals surface area contributed by atoms with Crippen molar-refractivity contribution in [2.75, 3.05) is 19.3 Å². The highest BCUT2D eigenvalue weighted by Crippen LogP contribution is 2.29. The number of nitrogens with zero attached hydrogens (tertiary/aromatic N) is 3. The lowest BCUT2D eigenvalue weighted by Gasteiger charge is -2.14. The molecule has 2 rings (SSSR count). The number of aromatic amines is 1. The number of anilines is 1. The summed E-state index contributed by atoms with van der Waals surface area (Å²) in [5.41, 5.74) is 5.31. The summed E-state index contributed by atoms with van der Waals surface area (Å²) in [4.78, 5) is 17.1. The van der Waals surface area contributed by atoms with Gasteiger partial charge in [0.15, 0.2) is 0 Å². The minimum atomic E-state index is -0.152. The van der Waals surface area contributed by atoms with Crippen molar-refractivity contribution in [2.45, 2.75) is 12.8 Å². The second-order valence-corrected chi connectivity index (χ2v) is 3.67. The lowest BCUT2D eigenvalue weighted by molar-refractivity contribution is 0.0777. The number of hydrogen-bond donors (Lipinski definition) is 2. The van der Waals surface area contributed by atoms with Crippen molar-refractivity contribution in [3.63, 3.8) is 0 Å². The molecule has 1 aromatic rings. The van der Waals surface area contributed by atoms with Crippen molar-refractivity contribution >= 4 is 11.9 Å². The fourth-order valence-electron chi connectivity index (χ4n) is 1.32. The van der Waals surface area contributed by atoms with E-state index in [1.54, 1.807) is 11.9 Å². The molecule has 1 aliphatic rings. The van der Waals surface area contributed by atoms with E-state index in [1.807, 2.05) is 0 Å². The van der Waals surface area contributed by atoms with Gasteiger partial charge in [-0.3, -0.25) is 9.89 Å². The summed E-state index contributed by atoms with van der Waals surface area (Å²) in [5, 5.41) is 6.11. The lowest BCUT2D eigenvalue weighted by atomic mass is 10.4. The lowest BCUT2D eigenvalue weighted by Crippen LogP contribution is -2.29. The quantitative estimate of drug-likeness (QED) is 0.703. The van der Waals surface area contributed by atoms with Crippen LogP contribution in [-0.4, -0.2) is 39.6 Å². The first-order chi connectivity index (χ1) is 6.66. The molecule has 6 heteroatoms. The number of carbonyl (C=O) groups excluding carboxylic acids is 1. The highest BCUT2D eigenvalue weighted by Gasteiger charge is 2.26. The van der Waals surface area contributed by atoms with E-state index in [4.69, 9.17) is 5.73 Å². The van der Waals surface area contributed by atoms with E-state index in [-0.39, 0.29) is 17.7 Å². The van der Waals surface area contributed by atoms with Crippen molar-refractivity contribution in [2.24, 2.45) is 5.92 Å². The first-order valence-corrected chi connectivity index (χ1v) is 4.60. The van der Waals surface area contributed by atoms with E-state index < -0.39 is 0 Å². The van der Waals surface area contributed by atoms with Gasteiger partial charge in [-0.2, -0.15) is 4.98 Å². The number of rotatable bonds is 3. The highest BCUT2D eigenvalue weighted by atomic mass is 16.2. The number of nitrogens with one attached hydrogen (secondary N) is 1. The van der Waals surface area contributed by atoms with Crippen LogP contribution in [0.3, 0.4) is 0 Å². The Morgan fingerprint density at radius 3 is 2.93 bits per heavy atom. The molecule has 76 valence electrons. The Balaban J connectivity index is 1.99. The number of carbonyl (C=O) groups is 1. The number of aromatic nitrogens is 3. The van der Waals surface area contributed by atoms with Crippen molar-refractivity contribution in [3.8, 4) is 0 Å². The first-order valence-electron chi connectivity index (χ1n) is 4.60. The molecular weight excluding hydrogens is 182 g/mol. The van der Waals surface area contributed by atoms with Gasteiger partial charge in [0.2, 0.25) is 11.8 Å². The predicted molar refractivity (Wildman–Crippen MR) is 50.5 cm³/mol. The molecule has 1 heterocycles. The van der Waals surface area contributed by atoms with E-state index in [0.717, 1.165) is 6.54 Å². The Kier molecular flexibility index (Phi) is 2.11. The van der Waals surface area contributed by atoms with Gasteiger partial charge in [0.1, 0.15) is 0 Å². The van der Waals surface area contributed by atoms with Crippen LogP contribution >= 0.6 is 0 Å². The SMILES string of the molecule is CN(CC1CC1)C(=O)c1nc(N)n[nH]1. The van der Waals surface area contributed by atoms with Gasteiger partial charge in [0.25, 0.3) is 5.91 Å². The largest absolute Gasteiger partial charge is 0.366 e. The molecule has 1 fully saturated rings. The fraction of sp³-hybridized carbons (Fsp3) is 0.625. The number of H-pyrrole nitrogens is 1. The maximum Gasteiger partial charge on any atom is 0.290 e. The number of nitrogens with two attached hydrogens (primary N) is 1. The molecule has 3 N–H and O–H groups in total. The zero-order valence-electron chi connectivity index (χ0n) is 8.03. The maximum atomic E-state index is 11.7. The zero-order chi connectivity index (χ0) is 10.1. The molecule has 0 spiro atoms. The van der Waals surface area contributed by atoms with E-state index in [0.29, 0.717) is 5.92 Å². The van der Waals surface area contributed by atoms with Crippen molar-refractivity contribution < 1.29 is 4.79 Å². The predicted octanol–water partition coefficient (Wildman–Crippen LogP) is -0.131. The minimum absolute atomic E-state index is 0.105. The number of nitrogen functional groups attached to an aromatic ring is 1. The van der Waals surface area contributed by atoms with E-state index in [9.17, 15) is 4.79 Å². The van der Waals surface area contributed by atoms with Crippen LogP contribution in [0, 0.1) is 5.92 Å². The third-order valence-electron chi connectivity index (χ3n) is 2.28. The van der Waals surface area contributed by atoms with Gasteiger partial charge in [0, 0.05) is 13.6 Å². The molecule has 1 aliphatic carbocycles. The average molecular weight is 195 g/mol. The van der Waals surface area contributed by atoms with Crippen LogP contribution in [0.2, 0.25) is 0 Å². The molecular formula is C8H13N5O. The van der Waals surface area contributed by atoms with Crippen LogP contribution in [-0.2, 0) is 0 Å². The molecule has 1 amide bonds. The van der Waals surface area contributed by atoms with Crippen LogP contribution in [0.25, 0.3) is 0 Å². The summed E-state index contributed by atoms with van der Waals surface area (Å²) < 4.78 is 0. The second kappa shape index (κ2) is 3.28. The maximum absolute atomic E-state index is 11.7. The molecule has 0 aliphatic heterocycles. The minimum Gasteiger partial charge on any atom is -0.366 e. The summed E-state index contributed by atoms with van der Waals surface area (Å²) in [6.45, 7) is 0.791. The Hall–Kier alpha value is -1.59. The fourth-order valence-corrected chi connectivity index (χ4v) is 1.32. The van der Waals surface area contributed by atoms with Crippen molar-refractivity contribution in [1.29, 1.82) is 0 Å². The third kappa shape index (κ3) is 1.84. The van der Waals surface area contributed by atoms with Gasteiger partial charge in [-0.1, -0.05) is 0 Å². The molecule has 0 radical (unpaired) electrons. The molecule has 6 nitrogen and oxygen atoms in total. The number of hydrogen-bond acceptors (Lipinski definition) is 4. The summed E-state index contributed by atoms with van der Waals surface area (Å²) in [6, 6.07) is 0. The number of amides is 1. The Labute approximate surface area is 81.5 Å². The van der Waals surface area contributed by atoms with Crippen molar-refractivity contribution in [3.05, 3.63) is 5.82 Å². The van der Waals surface area contributed by atoms with Crippen LogP contribution in [0.1, 0.15) is 23.5 Å². The standard InChI is InChI=1S/C8H13N5O/c1-13(4-5-2-3-5)7(14)6-10-8(9)12-11-6/h5H,2-4H2,1H3,(H3,9,10,11,12). The monoisotopic (exact) mass is 195 g/mol. The van der Waals surface area contributed by atoms with E-state index >= 15 is 0 Å². The highest BCUT2D eigenvalue weighted by molar-refractivity contribution is 5.90. The molecule has 1 saturated carbocycles. The third-order valence-corrected chi connectivity index (χ3v) is 2.28. The second-order valence-electron chi connectivity index (χ2n) is 3.67. The molecule has 0 atom stereocenters. The summed E-state index contributed by atoms with van der Waals surface area (Å²) >= 11 is 0. The van der Waals surface area contributed by atoms with E-state index in [2.05, 4.69) is 15.2 Å². The first kappa shape index (κ1) is 8.98. The van der Waals surface area contributed by atoms with Crippen LogP contribution in [0.15, 0.2) is 0 Å². The van der Waals surface area contributed by atoms with Crippen molar-refractivity contribution in [1.82, 2.24) is 20.1 Å². The molecule has 0 aromatic carbocycles. The van der Waals surface area contributed by atoms with Gasteiger partial charge in [0.05, 0.1) is 0 Å². The smallest absolute Gasteiger partial charge is 0.290 e. The Bertz CT molecular complexity index is 343. The van der Waals surface area contributed by atoms with Crippen LogP contribution in [0.5, 0.6) is 0 Å². The van der Waals surface area contributed by atoms with Gasteiger partial charge in [-0.15, -0.1) is 5.10 Å². The van der Waals surface area contributed by atoms with Gasteiger partial charge in [-0.25, -0.2) is 0 Å². The van der Waals surface area contributed by atoms with Gasteiger partial charge >= 0.3 is 0 Å². The molecule has 14 heavy (non-hydrogen) atoms. The topological polar surface area (TPSA) is 87.9 Å². The van der Waals surface area contributed by atoms with Gasteiger partial charge < -0.3 is 10.6 Å². The molecule has 0 unspecified atom stereocenters. The van der Waals surface area contributed by atoms with Gasteiger partial charge in [-0.05, 0) is 18.8 Å². The average Bonchev–Trinajstić information content (AvgIpc) is 2.85.